The molecular formula is C13H19N3OS. The van der Waals surface area contributed by atoms with Crippen molar-refractivity contribution >= 4 is 11.3 Å². The highest BCUT2D eigenvalue weighted by Crippen LogP contribution is 2.25. The van der Waals surface area contributed by atoms with Crippen molar-refractivity contribution < 1.29 is 4.74 Å². The Morgan fingerprint density at radius 1 is 1.56 bits per heavy atom. The predicted molar refractivity (Wildman–Crippen MR) is 73.8 cm³/mol. The van der Waals surface area contributed by atoms with Crippen molar-refractivity contribution in [3.05, 3.63) is 40.6 Å². The number of aryl methyl sites for hydroxylation is 1. The van der Waals surface area contributed by atoms with Crippen molar-refractivity contribution in [2.75, 3.05) is 13.7 Å². The van der Waals surface area contributed by atoms with E-state index in [4.69, 9.17) is 4.74 Å². The van der Waals surface area contributed by atoms with Crippen molar-refractivity contribution in [1.82, 2.24) is 14.9 Å². The van der Waals surface area contributed by atoms with Gasteiger partial charge in [-0.1, -0.05) is 6.07 Å². The fourth-order valence-electron chi connectivity index (χ4n) is 1.98. The van der Waals surface area contributed by atoms with Gasteiger partial charge in [0.25, 0.3) is 0 Å². The van der Waals surface area contributed by atoms with E-state index in [1.54, 1.807) is 18.4 Å². The van der Waals surface area contributed by atoms with Crippen LogP contribution in [0.2, 0.25) is 0 Å². The van der Waals surface area contributed by atoms with Crippen molar-refractivity contribution in [3.63, 3.8) is 0 Å². The Hall–Kier alpha value is -1.17. The standard InChI is InChI=1S/C13H19N3OS/c1-10(9-17-3)15-12(11-5-4-8-18-11)13-14-6-7-16(13)2/h4-8,10,12,15H,9H2,1-3H3. The van der Waals surface area contributed by atoms with E-state index in [-0.39, 0.29) is 12.1 Å². The number of hydrogen-bond acceptors (Lipinski definition) is 4. The summed E-state index contributed by atoms with van der Waals surface area (Å²) in [5.74, 6) is 1.03. The summed E-state index contributed by atoms with van der Waals surface area (Å²) < 4.78 is 7.24. The molecule has 4 nitrogen and oxygen atoms in total. The molecule has 0 aliphatic heterocycles. The molecule has 0 spiro atoms. The summed E-state index contributed by atoms with van der Waals surface area (Å²) in [6.45, 7) is 2.80. The first-order valence-electron chi connectivity index (χ1n) is 5.98. The van der Waals surface area contributed by atoms with Gasteiger partial charge in [0.15, 0.2) is 0 Å². The van der Waals surface area contributed by atoms with E-state index < -0.39 is 0 Å². The van der Waals surface area contributed by atoms with Crippen LogP contribution in [0.1, 0.15) is 23.7 Å². The lowest BCUT2D eigenvalue weighted by Crippen LogP contribution is -2.35. The summed E-state index contributed by atoms with van der Waals surface area (Å²) in [7, 11) is 3.74. The molecule has 18 heavy (non-hydrogen) atoms. The topological polar surface area (TPSA) is 39.1 Å². The van der Waals surface area contributed by atoms with Gasteiger partial charge in [0, 0.05) is 37.5 Å². The average molecular weight is 265 g/mol. The van der Waals surface area contributed by atoms with Crippen LogP contribution < -0.4 is 5.32 Å². The number of hydrogen-bond donors (Lipinski definition) is 1. The van der Waals surface area contributed by atoms with Crippen LogP contribution in [-0.4, -0.2) is 29.3 Å². The zero-order chi connectivity index (χ0) is 13.0. The maximum absolute atomic E-state index is 5.18. The van der Waals surface area contributed by atoms with E-state index in [9.17, 15) is 0 Å². The zero-order valence-corrected chi connectivity index (χ0v) is 11.8. The lowest BCUT2D eigenvalue weighted by molar-refractivity contribution is 0.168. The number of methoxy groups -OCH3 is 1. The van der Waals surface area contributed by atoms with Crippen LogP contribution in [0, 0.1) is 0 Å². The normalized spacial score (nSPS) is 14.6. The minimum atomic E-state index is 0.121. The Bertz CT molecular complexity index is 466. The molecule has 2 atom stereocenters. The number of rotatable bonds is 6. The fourth-order valence-corrected chi connectivity index (χ4v) is 2.76. The summed E-state index contributed by atoms with van der Waals surface area (Å²) in [6, 6.07) is 4.60. The summed E-state index contributed by atoms with van der Waals surface area (Å²) in [5.41, 5.74) is 0. The highest BCUT2D eigenvalue weighted by Gasteiger charge is 2.20. The molecule has 0 aliphatic rings. The third kappa shape index (κ3) is 2.98. The highest BCUT2D eigenvalue weighted by atomic mass is 32.1. The molecule has 2 heterocycles. The molecular weight excluding hydrogens is 246 g/mol. The number of nitrogens with one attached hydrogen (secondary N) is 1. The maximum atomic E-state index is 5.18. The molecule has 2 aromatic rings. The Balaban J connectivity index is 2.22. The van der Waals surface area contributed by atoms with Crippen molar-refractivity contribution in [2.24, 2.45) is 7.05 Å². The van der Waals surface area contributed by atoms with Crippen molar-refractivity contribution in [3.8, 4) is 0 Å². The SMILES string of the molecule is COCC(C)NC(c1cccs1)c1nccn1C. The van der Waals surface area contributed by atoms with E-state index in [0.29, 0.717) is 6.61 Å². The minimum absolute atomic E-state index is 0.121. The van der Waals surface area contributed by atoms with Gasteiger partial charge in [0.2, 0.25) is 0 Å². The second-order valence-electron chi connectivity index (χ2n) is 4.37. The van der Waals surface area contributed by atoms with Crippen LogP contribution in [0.5, 0.6) is 0 Å². The van der Waals surface area contributed by atoms with E-state index >= 15 is 0 Å². The Kier molecular flexibility index (Phi) is 4.52. The monoisotopic (exact) mass is 265 g/mol. The summed E-state index contributed by atoms with van der Waals surface area (Å²) in [5, 5.41) is 5.66. The molecule has 0 fully saturated rings. The van der Waals surface area contributed by atoms with Crippen LogP contribution in [-0.2, 0) is 11.8 Å². The van der Waals surface area contributed by atoms with Gasteiger partial charge in [0.1, 0.15) is 11.9 Å². The predicted octanol–water partition coefficient (Wildman–Crippen LogP) is 2.20. The Labute approximate surface area is 112 Å². The van der Waals surface area contributed by atoms with Gasteiger partial charge in [0.05, 0.1) is 6.61 Å². The van der Waals surface area contributed by atoms with Gasteiger partial charge in [-0.2, -0.15) is 0 Å². The molecule has 0 aromatic carbocycles. The highest BCUT2D eigenvalue weighted by molar-refractivity contribution is 7.10. The Morgan fingerprint density at radius 3 is 2.94 bits per heavy atom. The average Bonchev–Trinajstić information content (AvgIpc) is 2.97. The molecule has 5 heteroatoms. The molecule has 2 unspecified atom stereocenters. The van der Waals surface area contributed by atoms with E-state index in [1.807, 2.05) is 19.4 Å². The summed E-state index contributed by atoms with van der Waals surface area (Å²) >= 11 is 1.74. The third-order valence-corrected chi connectivity index (χ3v) is 3.75. The van der Waals surface area contributed by atoms with Gasteiger partial charge < -0.3 is 9.30 Å². The van der Waals surface area contributed by atoms with Gasteiger partial charge in [-0.15, -0.1) is 11.3 Å². The molecule has 98 valence electrons. The summed E-state index contributed by atoms with van der Waals surface area (Å²) in [6.07, 6.45) is 3.80. The van der Waals surface area contributed by atoms with Crippen LogP contribution in [0.3, 0.4) is 0 Å². The molecule has 0 saturated carbocycles. The first kappa shape index (κ1) is 13.3. The fraction of sp³-hybridized carbons (Fsp3) is 0.462. The largest absolute Gasteiger partial charge is 0.383 e. The molecule has 0 amide bonds. The smallest absolute Gasteiger partial charge is 0.131 e. The van der Waals surface area contributed by atoms with Crippen LogP contribution in [0.15, 0.2) is 29.9 Å². The molecule has 0 saturated heterocycles. The number of ether oxygens (including phenoxy) is 1. The minimum Gasteiger partial charge on any atom is -0.383 e. The first-order chi connectivity index (χ1) is 8.72. The van der Waals surface area contributed by atoms with E-state index in [1.165, 1.54) is 4.88 Å². The molecule has 2 rings (SSSR count). The third-order valence-electron chi connectivity index (χ3n) is 2.81. The van der Waals surface area contributed by atoms with Crippen LogP contribution >= 0.6 is 11.3 Å². The number of imidazole rings is 1. The molecule has 0 radical (unpaired) electrons. The second kappa shape index (κ2) is 6.13. The van der Waals surface area contributed by atoms with Crippen molar-refractivity contribution in [1.29, 1.82) is 0 Å². The molecule has 1 N–H and O–H groups in total. The first-order valence-corrected chi connectivity index (χ1v) is 6.86. The van der Waals surface area contributed by atoms with Gasteiger partial charge in [-0.05, 0) is 18.4 Å². The zero-order valence-electron chi connectivity index (χ0n) is 11.0. The molecule has 0 aliphatic carbocycles. The van der Waals surface area contributed by atoms with Crippen LogP contribution in [0.25, 0.3) is 0 Å². The quantitative estimate of drug-likeness (QED) is 0.870. The number of nitrogens with zero attached hydrogens (tertiary/aromatic N) is 2. The Morgan fingerprint density at radius 2 is 2.39 bits per heavy atom. The van der Waals surface area contributed by atoms with Gasteiger partial charge in [-0.3, -0.25) is 5.32 Å². The van der Waals surface area contributed by atoms with Crippen molar-refractivity contribution in [2.45, 2.75) is 19.0 Å². The van der Waals surface area contributed by atoms with Crippen LogP contribution in [0.4, 0.5) is 0 Å². The summed E-state index contributed by atoms with van der Waals surface area (Å²) in [4.78, 5) is 5.72. The van der Waals surface area contributed by atoms with E-state index in [2.05, 4.69) is 39.3 Å². The lowest BCUT2D eigenvalue weighted by Gasteiger charge is -2.21. The van der Waals surface area contributed by atoms with Gasteiger partial charge in [-0.25, -0.2) is 4.98 Å². The molecule has 0 bridgehead atoms. The van der Waals surface area contributed by atoms with E-state index in [0.717, 1.165) is 5.82 Å². The number of thiophene rings is 1. The second-order valence-corrected chi connectivity index (χ2v) is 5.35. The number of aromatic nitrogens is 2. The van der Waals surface area contributed by atoms with Gasteiger partial charge >= 0.3 is 0 Å². The lowest BCUT2D eigenvalue weighted by atomic mass is 10.2. The maximum Gasteiger partial charge on any atom is 0.131 e. The molecule has 2 aromatic heterocycles.